The summed E-state index contributed by atoms with van der Waals surface area (Å²) in [4.78, 5) is 23.2. The number of nitrogens with zero attached hydrogens (tertiary/aromatic N) is 3. The Hall–Kier alpha value is -1.78. The molecular weight excluding hydrogens is 182 g/mol. The summed E-state index contributed by atoms with van der Waals surface area (Å²) in [5, 5.41) is 0. The van der Waals surface area contributed by atoms with Crippen LogP contribution in [0.2, 0.25) is 0 Å². The van der Waals surface area contributed by atoms with Crippen molar-refractivity contribution < 1.29 is 0 Å². The van der Waals surface area contributed by atoms with E-state index in [9.17, 15) is 9.59 Å². The maximum absolute atomic E-state index is 11.7. The molecule has 2 rings (SSSR count). The van der Waals surface area contributed by atoms with Crippen LogP contribution in [0.15, 0.2) is 21.9 Å². The summed E-state index contributed by atoms with van der Waals surface area (Å²) in [6.45, 7) is 0. The third-order valence-corrected chi connectivity index (χ3v) is 2.49. The summed E-state index contributed by atoms with van der Waals surface area (Å²) in [5.74, 6) is 0. The fourth-order valence-corrected chi connectivity index (χ4v) is 1.62. The zero-order valence-corrected chi connectivity index (χ0v) is 8.31. The molecule has 0 bridgehead atoms. The van der Waals surface area contributed by atoms with Crippen molar-refractivity contribution in [1.29, 1.82) is 0 Å². The van der Waals surface area contributed by atoms with Crippen LogP contribution >= 0.6 is 0 Å². The summed E-state index contributed by atoms with van der Waals surface area (Å²) in [5.41, 5.74) is 0.786. The van der Waals surface area contributed by atoms with Crippen LogP contribution in [0, 0.1) is 0 Å². The summed E-state index contributed by atoms with van der Waals surface area (Å²) < 4.78 is 4.30. The predicted octanol–water partition coefficient (Wildman–Crippen LogP) is -0.424. The van der Waals surface area contributed by atoms with Crippen LogP contribution in [0.3, 0.4) is 0 Å². The number of hydrogen-bond acceptors (Lipinski definition) is 2. The lowest BCUT2D eigenvalue weighted by molar-refractivity contribution is 0.790. The van der Waals surface area contributed by atoms with Gasteiger partial charge in [0.1, 0.15) is 5.52 Å². The van der Waals surface area contributed by atoms with Crippen LogP contribution in [-0.4, -0.2) is 13.7 Å². The van der Waals surface area contributed by atoms with E-state index in [4.69, 9.17) is 0 Å². The van der Waals surface area contributed by atoms with E-state index in [1.54, 1.807) is 33.4 Å². The highest BCUT2D eigenvalue weighted by Gasteiger charge is 2.10. The maximum atomic E-state index is 11.7. The number of pyridine rings is 1. The Morgan fingerprint density at radius 2 is 1.71 bits per heavy atom. The first-order valence-corrected chi connectivity index (χ1v) is 4.25. The Balaban J connectivity index is 3.20. The number of aryl methyl sites for hydroxylation is 3. The molecule has 0 N–H and O–H groups in total. The lowest BCUT2D eigenvalue weighted by Gasteiger charge is -1.97. The molecule has 0 spiro atoms. The van der Waals surface area contributed by atoms with E-state index in [0.29, 0.717) is 11.0 Å². The summed E-state index contributed by atoms with van der Waals surface area (Å²) in [7, 11) is 4.93. The van der Waals surface area contributed by atoms with Gasteiger partial charge in [-0.2, -0.15) is 0 Å². The summed E-state index contributed by atoms with van der Waals surface area (Å²) in [6, 6.07) is 1.76. The molecule has 74 valence electrons. The Morgan fingerprint density at radius 3 is 2.36 bits per heavy atom. The highest BCUT2D eigenvalue weighted by molar-refractivity contribution is 5.74. The monoisotopic (exact) mass is 193 g/mol. The second-order valence-corrected chi connectivity index (χ2v) is 3.37. The largest absolute Gasteiger partial charge is 0.328 e. The summed E-state index contributed by atoms with van der Waals surface area (Å²) in [6.07, 6.45) is 1.66. The van der Waals surface area contributed by atoms with Gasteiger partial charge in [-0.25, -0.2) is 4.79 Å². The summed E-state index contributed by atoms with van der Waals surface area (Å²) >= 11 is 0. The fourth-order valence-electron chi connectivity index (χ4n) is 1.62. The first-order valence-electron chi connectivity index (χ1n) is 4.25. The minimum absolute atomic E-state index is 0.150. The number of fused-ring (bicyclic) bond motifs is 1. The van der Waals surface area contributed by atoms with E-state index in [1.165, 1.54) is 13.7 Å². The van der Waals surface area contributed by atoms with Crippen LogP contribution < -0.4 is 11.2 Å². The van der Waals surface area contributed by atoms with Gasteiger partial charge in [-0.05, 0) is 6.07 Å². The molecule has 0 aliphatic carbocycles. The van der Waals surface area contributed by atoms with Crippen LogP contribution in [0.5, 0.6) is 0 Å². The average molecular weight is 193 g/mol. The van der Waals surface area contributed by atoms with E-state index < -0.39 is 0 Å². The van der Waals surface area contributed by atoms with Crippen molar-refractivity contribution in [3.05, 3.63) is 33.1 Å². The van der Waals surface area contributed by atoms with Crippen LogP contribution in [0.1, 0.15) is 0 Å². The van der Waals surface area contributed by atoms with E-state index >= 15 is 0 Å². The van der Waals surface area contributed by atoms with Gasteiger partial charge in [-0.15, -0.1) is 0 Å². The van der Waals surface area contributed by atoms with Gasteiger partial charge in [0.05, 0.1) is 5.52 Å². The molecule has 0 saturated heterocycles. The normalized spacial score (nSPS) is 11.1. The zero-order chi connectivity index (χ0) is 10.5. The highest BCUT2D eigenvalue weighted by Crippen LogP contribution is 2.04. The lowest BCUT2D eigenvalue weighted by Crippen LogP contribution is -2.22. The molecule has 0 fully saturated rings. The Bertz CT molecular complexity index is 615. The standard InChI is InChI=1S/C9H11N3O2/c1-10-5-4-6-7(8(10)13)12(3)9(14)11(6)2/h4-5H,1-3H3. The molecule has 5 nitrogen and oxygen atoms in total. The SMILES string of the molecule is Cn1ccc2c(c1=O)n(C)c(=O)n2C. The number of aromatic nitrogens is 3. The van der Waals surface area contributed by atoms with Crippen molar-refractivity contribution in [1.82, 2.24) is 13.7 Å². The van der Waals surface area contributed by atoms with E-state index in [2.05, 4.69) is 0 Å². The van der Waals surface area contributed by atoms with Crippen molar-refractivity contribution in [2.24, 2.45) is 21.1 Å². The molecule has 2 aromatic heterocycles. The van der Waals surface area contributed by atoms with Crippen molar-refractivity contribution in [2.45, 2.75) is 0 Å². The minimum Gasteiger partial charge on any atom is -0.317 e. The number of rotatable bonds is 0. The molecule has 0 atom stereocenters. The van der Waals surface area contributed by atoms with Gasteiger partial charge in [0.2, 0.25) is 0 Å². The van der Waals surface area contributed by atoms with Crippen LogP contribution in [0.4, 0.5) is 0 Å². The average Bonchev–Trinajstić information content (AvgIpc) is 2.38. The van der Waals surface area contributed by atoms with Crippen molar-refractivity contribution in [3.8, 4) is 0 Å². The van der Waals surface area contributed by atoms with Gasteiger partial charge in [-0.3, -0.25) is 13.9 Å². The fraction of sp³-hybridized carbons (Fsp3) is 0.333. The molecule has 0 amide bonds. The molecule has 0 saturated carbocycles. The predicted molar refractivity (Wildman–Crippen MR) is 53.4 cm³/mol. The van der Waals surface area contributed by atoms with Crippen molar-refractivity contribution >= 4 is 11.0 Å². The molecule has 0 unspecified atom stereocenters. The molecule has 14 heavy (non-hydrogen) atoms. The number of hydrogen-bond donors (Lipinski definition) is 0. The molecule has 2 heterocycles. The van der Waals surface area contributed by atoms with Crippen LogP contribution in [-0.2, 0) is 21.1 Å². The van der Waals surface area contributed by atoms with Gasteiger partial charge in [0.15, 0.2) is 0 Å². The van der Waals surface area contributed by atoms with E-state index in [-0.39, 0.29) is 11.2 Å². The van der Waals surface area contributed by atoms with Gasteiger partial charge in [-0.1, -0.05) is 0 Å². The van der Waals surface area contributed by atoms with E-state index in [0.717, 1.165) is 0 Å². The Labute approximate surface area is 79.8 Å². The zero-order valence-electron chi connectivity index (χ0n) is 8.31. The van der Waals surface area contributed by atoms with Gasteiger partial charge < -0.3 is 4.57 Å². The smallest absolute Gasteiger partial charge is 0.317 e. The Kier molecular flexibility index (Phi) is 1.64. The van der Waals surface area contributed by atoms with Crippen molar-refractivity contribution in [3.63, 3.8) is 0 Å². The first-order chi connectivity index (χ1) is 6.54. The lowest BCUT2D eigenvalue weighted by atomic mass is 10.4. The molecule has 0 aliphatic heterocycles. The molecule has 0 radical (unpaired) electrons. The highest BCUT2D eigenvalue weighted by atomic mass is 16.2. The van der Waals surface area contributed by atoms with Gasteiger partial charge in [0.25, 0.3) is 5.56 Å². The second-order valence-electron chi connectivity index (χ2n) is 3.37. The molecule has 0 aliphatic rings. The molecule has 0 aromatic carbocycles. The molecule has 2 aromatic rings. The number of imidazole rings is 1. The quantitative estimate of drug-likeness (QED) is 0.570. The molecule has 5 heteroatoms. The topological polar surface area (TPSA) is 48.9 Å². The molecular formula is C9H11N3O2. The maximum Gasteiger partial charge on any atom is 0.328 e. The van der Waals surface area contributed by atoms with Gasteiger partial charge in [0, 0.05) is 27.3 Å². The third-order valence-electron chi connectivity index (χ3n) is 2.49. The van der Waals surface area contributed by atoms with Crippen molar-refractivity contribution in [2.75, 3.05) is 0 Å². The Morgan fingerprint density at radius 1 is 1.07 bits per heavy atom. The van der Waals surface area contributed by atoms with E-state index in [1.807, 2.05) is 0 Å². The second kappa shape index (κ2) is 2.60. The minimum atomic E-state index is -0.177. The van der Waals surface area contributed by atoms with Crippen LogP contribution in [0.25, 0.3) is 11.0 Å². The van der Waals surface area contributed by atoms with Gasteiger partial charge >= 0.3 is 5.69 Å². The first kappa shape index (κ1) is 8.80. The third kappa shape index (κ3) is 0.891.